The van der Waals surface area contributed by atoms with E-state index in [2.05, 4.69) is 13.8 Å². The Balaban J connectivity index is 2.42. The van der Waals surface area contributed by atoms with Crippen molar-refractivity contribution in [3.8, 4) is 0 Å². The Morgan fingerprint density at radius 3 is 1.10 bits per heavy atom. The van der Waals surface area contributed by atoms with E-state index in [1.807, 2.05) is 0 Å². The summed E-state index contributed by atoms with van der Waals surface area (Å²) in [5, 5.41) is 50.2. The van der Waals surface area contributed by atoms with Crippen LogP contribution in [0.3, 0.4) is 0 Å². The highest BCUT2D eigenvalue weighted by molar-refractivity contribution is 7.47. The summed E-state index contributed by atoms with van der Waals surface area (Å²) >= 11 is 0. The van der Waals surface area contributed by atoms with Crippen LogP contribution in [0.1, 0.15) is 226 Å². The molecule has 1 aliphatic carbocycles. The molecule has 0 bridgehead atoms. The number of esters is 2. The molecule has 0 spiro atoms. The van der Waals surface area contributed by atoms with E-state index in [4.69, 9.17) is 18.5 Å². The van der Waals surface area contributed by atoms with Crippen LogP contribution in [0.5, 0.6) is 0 Å². The fourth-order valence-electron chi connectivity index (χ4n) is 7.76. The fraction of sp³-hybridized carbons (Fsp3) is 0.957. The quantitative estimate of drug-likeness (QED) is 0.0192. The van der Waals surface area contributed by atoms with Gasteiger partial charge in [0.1, 0.15) is 43.2 Å². The molecular weight excluding hydrogens is 791 g/mol. The highest BCUT2D eigenvalue weighted by Crippen LogP contribution is 2.47. The van der Waals surface area contributed by atoms with E-state index in [0.29, 0.717) is 12.8 Å². The average molecular weight is 881 g/mol. The molecule has 0 aromatic rings. The molecule has 1 saturated carbocycles. The molecule has 6 unspecified atom stereocenters. The smallest absolute Gasteiger partial charge is 0.462 e. The van der Waals surface area contributed by atoms with Gasteiger partial charge in [0.25, 0.3) is 0 Å². The summed E-state index contributed by atoms with van der Waals surface area (Å²) in [6.45, 7) is 3.33. The predicted octanol–water partition coefficient (Wildman–Crippen LogP) is 9.67. The van der Waals surface area contributed by atoms with Gasteiger partial charge in [-0.3, -0.25) is 18.6 Å². The molecule has 60 heavy (non-hydrogen) atoms. The van der Waals surface area contributed by atoms with E-state index in [-0.39, 0.29) is 12.8 Å². The topological polar surface area (TPSA) is 210 Å². The number of hydrogen-bond donors (Lipinski definition) is 6. The third-order valence-electron chi connectivity index (χ3n) is 11.7. The standard InChI is InChI=1S/C46H89O13P/c1-3-5-7-9-11-13-15-17-19-21-22-24-26-28-30-32-34-39(47)56-36-38(37-57-60(54,55)59-46-44(52)42(50)41(49)43(51)45(46)53)58-40(48)35-33-31-29-27-25-23-20-18-16-14-12-10-8-6-4-2/h38,41-46,49-53H,3-37H2,1-2H3,(H,54,55)/t38-,41?,42-,43?,44?,45?,46?/m1/s1. The highest BCUT2D eigenvalue weighted by atomic mass is 31.2. The number of carbonyl (C=O) groups is 2. The molecule has 0 aromatic carbocycles. The van der Waals surface area contributed by atoms with Crippen molar-refractivity contribution in [1.29, 1.82) is 0 Å². The maximum Gasteiger partial charge on any atom is 0.472 e. The largest absolute Gasteiger partial charge is 0.472 e. The minimum Gasteiger partial charge on any atom is -0.462 e. The number of aliphatic hydroxyl groups excluding tert-OH is 5. The van der Waals surface area contributed by atoms with Crippen LogP contribution in [0.15, 0.2) is 0 Å². The second kappa shape index (κ2) is 37.2. The molecule has 0 amide bonds. The Morgan fingerprint density at radius 1 is 0.450 bits per heavy atom. The van der Waals surface area contributed by atoms with Crippen molar-refractivity contribution in [2.45, 2.75) is 268 Å². The first kappa shape index (κ1) is 56.9. The lowest BCUT2D eigenvalue weighted by Crippen LogP contribution is -2.64. The molecule has 8 atom stereocenters. The van der Waals surface area contributed by atoms with E-state index in [0.717, 1.165) is 38.5 Å². The van der Waals surface area contributed by atoms with Gasteiger partial charge in [-0.15, -0.1) is 0 Å². The molecule has 0 aliphatic heterocycles. The van der Waals surface area contributed by atoms with Gasteiger partial charge in [0.15, 0.2) is 6.10 Å². The Morgan fingerprint density at radius 2 is 0.750 bits per heavy atom. The molecule has 0 aromatic heterocycles. The normalized spacial score (nSPS) is 22.1. The maximum atomic E-state index is 12.8. The molecule has 6 N–H and O–H groups in total. The zero-order valence-electron chi connectivity index (χ0n) is 37.8. The van der Waals surface area contributed by atoms with Gasteiger partial charge in [0.2, 0.25) is 0 Å². The van der Waals surface area contributed by atoms with Gasteiger partial charge in [-0.2, -0.15) is 0 Å². The van der Waals surface area contributed by atoms with E-state index in [9.17, 15) is 44.6 Å². The maximum absolute atomic E-state index is 12.8. The number of unbranched alkanes of at least 4 members (excludes halogenated alkanes) is 29. The van der Waals surface area contributed by atoms with Crippen LogP contribution in [0, 0.1) is 0 Å². The number of rotatable bonds is 41. The van der Waals surface area contributed by atoms with Crippen LogP contribution in [0.25, 0.3) is 0 Å². The van der Waals surface area contributed by atoms with Gasteiger partial charge >= 0.3 is 19.8 Å². The zero-order valence-corrected chi connectivity index (χ0v) is 38.7. The molecule has 13 nitrogen and oxygen atoms in total. The lowest BCUT2D eigenvalue weighted by molar-refractivity contribution is -0.220. The summed E-state index contributed by atoms with van der Waals surface area (Å²) in [6.07, 6.45) is 24.4. The molecule has 1 rings (SSSR count). The molecule has 356 valence electrons. The van der Waals surface area contributed by atoms with E-state index < -0.39 is 75.7 Å². The van der Waals surface area contributed by atoms with E-state index >= 15 is 0 Å². The molecular formula is C46H89O13P. The SMILES string of the molecule is CCCCCCCCCCCCCCCCCCC(=O)OC[C@H](COP(=O)(O)OC1C(O)C(O)C(O)[C@@H](O)C1O)OC(=O)CCCCCCCCCCCCCCCCC. The molecule has 14 heteroatoms. The van der Waals surface area contributed by atoms with Crippen LogP contribution in [-0.2, 0) is 32.7 Å². The van der Waals surface area contributed by atoms with Gasteiger partial charge in [-0.1, -0.05) is 200 Å². The lowest BCUT2D eigenvalue weighted by Gasteiger charge is -2.41. The third kappa shape index (κ3) is 29.3. The van der Waals surface area contributed by atoms with E-state index in [1.165, 1.54) is 148 Å². The third-order valence-corrected chi connectivity index (χ3v) is 12.7. The second-order valence-corrected chi connectivity index (χ2v) is 18.7. The first-order chi connectivity index (χ1) is 28.9. The van der Waals surface area contributed by atoms with Crippen molar-refractivity contribution in [2.24, 2.45) is 0 Å². The van der Waals surface area contributed by atoms with Gasteiger partial charge in [0.05, 0.1) is 6.61 Å². The molecule has 0 saturated heterocycles. The summed E-state index contributed by atoms with van der Waals surface area (Å²) in [5.41, 5.74) is 0. The second-order valence-electron chi connectivity index (χ2n) is 17.3. The van der Waals surface area contributed by atoms with Gasteiger partial charge in [-0.05, 0) is 12.8 Å². The van der Waals surface area contributed by atoms with Crippen molar-refractivity contribution >= 4 is 19.8 Å². The van der Waals surface area contributed by atoms with Crippen LogP contribution >= 0.6 is 7.82 Å². The molecule has 0 radical (unpaired) electrons. The van der Waals surface area contributed by atoms with Crippen LogP contribution in [0.4, 0.5) is 0 Å². The highest BCUT2D eigenvalue weighted by Gasteiger charge is 2.51. The van der Waals surface area contributed by atoms with Gasteiger partial charge < -0.3 is 39.9 Å². The first-order valence-electron chi connectivity index (χ1n) is 24.3. The molecule has 1 aliphatic rings. The monoisotopic (exact) mass is 881 g/mol. The number of aliphatic hydroxyl groups is 5. The van der Waals surface area contributed by atoms with Gasteiger partial charge in [0, 0.05) is 12.8 Å². The fourth-order valence-corrected chi connectivity index (χ4v) is 8.73. The number of ether oxygens (including phenoxy) is 2. The Bertz CT molecular complexity index is 1060. The van der Waals surface area contributed by atoms with Crippen LogP contribution in [0.2, 0.25) is 0 Å². The van der Waals surface area contributed by atoms with Crippen molar-refractivity contribution < 1.29 is 63.1 Å². The minimum atomic E-state index is -5.11. The Hall–Kier alpha value is -1.15. The summed E-state index contributed by atoms with van der Waals surface area (Å²) in [7, 11) is -5.11. The number of phosphoric ester groups is 1. The summed E-state index contributed by atoms with van der Waals surface area (Å²) in [5.74, 6) is -1.08. The van der Waals surface area contributed by atoms with Gasteiger partial charge in [-0.25, -0.2) is 4.57 Å². The Kier molecular flexibility index (Phi) is 35.3. The summed E-state index contributed by atoms with van der Waals surface area (Å²) in [4.78, 5) is 35.7. The van der Waals surface area contributed by atoms with Crippen molar-refractivity contribution in [3.63, 3.8) is 0 Å². The van der Waals surface area contributed by atoms with Crippen molar-refractivity contribution in [1.82, 2.24) is 0 Å². The first-order valence-corrected chi connectivity index (χ1v) is 25.8. The number of carbonyl (C=O) groups excluding carboxylic acids is 2. The summed E-state index contributed by atoms with van der Waals surface area (Å²) in [6, 6.07) is 0. The molecule has 1 fully saturated rings. The van der Waals surface area contributed by atoms with Crippen LogP contribution < -0.4 is 0 Å². The zero-order chi connectivity index (χ0) is 44.3. The minimum absolute atomic E-state index is 0.105. The molecule has 0 heterocycles. The number of hydrogen-bond acceptors (Lipinski definition) is 12. The predicted molar refractivity (Wildman–Crippen MR) is 235 cm³/mol. The van der Waals surface area contributed by atoms with E-state index in [1.54, 1.807) is 0 Å². The summed E-state index contributed by atoms with van der Waals surface area (Å²) < 4.78 is 33.6. The van der Waals surface area contributed by atoms with Crippen LogP contribution in [-0.4, -0.2) is 98.3 Å². The lowest BCUT2D eigenvalue weighted by atomic mass is 9.85. The van der Waals surface area contributed by atoms with Crippen molar-refractivity contribution in [3.05, 3.63) is 0 Å². The average Bonchev–Trinajstić information content (AvgIpc) is 3.23. The number of phosphoric acid groups is 1. The Labute approximate surface area is 363 Å². The van der Waals surface area contributed by atoms with Crippen molar-refractivity contribution in [2.75, 3.05) is 13.2 Å².